The maximum absolute atomic E-state index is 0. The van der Waals surface area contributed by atoms with Gasteiger partial charge in [0.2, 0.25) is 0 Å². The first kappa shape index (κ1) is 30.2. The molecule has 4 heteroatoms. The smallest absolute Gasteiger partial charge is 0 e. The van der Waals surface area contributed by atoms with E-state index < -0.39 is 0 Å². The summed E-state index contributed by atoms with van der Waals surface area (Å²) in [6.07, 6.45) is 0. The summed E-state index contributed by atoms with van der Waals surface area (Å²) in [5, 5.41) is 0. The molecular weight excluding hydrogens is 295 g/mol. The van der Waals surface area contributed by atoms with Crippen molar-refractivity contribution < 1.29 is 0 Å². The van der Waals surface area contributed by atoms with Crippen LogP contribution in [0.3, 0.4) is 0 Å². The first-order valence-electron chi connectivity index (χ1n) is 0. The molecule has 0 spiro atoms. The summed E-state index contributed by atoms with van der Waals surface area (Å²) < 4.78 is 0. The van der Waals surface area contributed by atoms with Crippen LogP contribution in [0.25, 0.3) is 0 Å². The molecule has 0 fully saturated rings. The molecule has 12 radical (unpaired) electrons. The van der Waals surface area contributed by atoms with Crippen LogP contribution in [0.1, 0.15) is 0 Å². The third kappa shape index (κ3) is 8.82. The molecule has 0 aromatic rings. The van der Waals surface area contributed by atoms with Gasteiger partial charge in [0.1, 0.15) is 0 Å². The minimum Gasteiger partial charge on any atom is 0 e. The summed E-state index contributed by atoms with van der Waals surface area (Å²) in [5.74, 6) is 0. The van der Waals surface area contributed by atoms with E-state index in [0.29, 0.717) is 0 Å². The molecule has 0 aliphatic heterocycles. The number of rotatable bonds is 0. The zero-order chi connectivity index (χ0) is 0. The van der Waals surface area contributed by atoms with Crippen molar-refractivity contribution in [3.8, 4) is 0 Å². The molecule has 0 nitrogen and oxygen atoms in total. The van der Waals surface area contributed by atoms with Gasteiger partial charge in [0, 0.05) is 77.5 Å². The van der Waals surface area contributed by atoms with E-state index in [-0.39, 0.29) is 77.5 Å². The Morgan fingerprint density at radius 1 is 1.00 bits per heavy atom. The molecule has 0 atom stereocenters. The normalized spacial score (nSPS) is 0. The van der Waals surface area contributed by atoms with Gasteiger partial charge in [-0.05, 0) is 0 Å². The molecular formula is AlInPSb. The molecule has 0 heterocycles. The molecule has 0 saturated carbocycles. The van der Waals surface area contributed by atoms with Crippen LogP contribution in [0.5, 0.6) is 0 Å². The van der Waals surface area contributed by atoms with Crippen LogP contribution in [0, 0.1) is 0 Å². The molecule has 16 valence electrons. The second-order valence-corrected chi connectivity index (χ2v) is 0. The molecule has 0 aliphatic carbocycles. The Kier molecular flexibility index (Phi) is 131. The molecule has 0 aromatic heterocycles. The Morgan fingerprint density at radius 2 is 1.00 bits per heavy atom. The zero-order valence-electron chi connectivity index (χ0n) is 2.05. The van der Waals surface area contributed by atoms with E-state index in [1.807, 2.05) is 0 Å². The molecule has 0 N–H and O–H groups in total. The van der Waals surface area contributed by atoms with Crippen molar-refractivity contribution in [2.75, 3.05) is 0 Å². The van der Waals surface area contributed by atoms with Crippen molar-refractivity contribution in [1.29, 1.82) is 0 Å². The van der Waals surface area contributed by atoms with Gasteiger partial charge < -0.3 is 0 Å². The molecule has 0 unspecified atom stereocenters. The summed E-state index contributed by atoms with van der Waals surface area (Å²) in [5.41, 5.74) is 0. The van der Waals surface area contributed by atoms with E-state index in [2.05, 4.69) is 0 Å². The summed E-state index contributed by atoms with van der Waals surface area (Å²) in [6, 6.07) is 0. The van der Waals surface area contributed by atoms with Crippen LogP contribution in [-0.2, 0) is 0 Å². The molecule has 0 rings (SSSR count). The van der Waals surface area contributed by atoms with E-state index in [9.17, 15) is 0 Å². The average Bonchev–Trinajstić information content (AvgIpc) is 0. The second kappa shape index (κ2) is 17.4. The summed E-state index contributed by atoms with van der Waals surface area (Å²) in [6.45, 7) is 0. The van der Waals surface area contributed by atoms with E-state index in [4.69, 9.17) is 0 Å². The van der Waals surface area contributed by atoms with Crippen molar-refractivity contribution in [3.63, 3.8) is 0 Å². The van der Waals surface area contributed by atoms with Crippen LogP contribution in [0.4, 0.5) is 0 Å². The molecule has 0 aliphatic rings. The molecule has 4 heavy (non-hydrogen) atoms. The third-order valence-electron chi connectivity index (χ3n) is 0. The SMILES string of the molecule is [Al].[In].[P].[Sb]. The van der Waals surface area contributed by atoms with Gasteiger partial charge in [0.25, 0.3) is 0 Å². The maximum Gasteiger partial charge on any atom is 0 e. The predicted molar refractivity (Wildman–Crippen MR) is 24.2 cm³/mol. The van der Waals surface area contributed by atoms with E-state index in [1.165, 1.54) is 0 Å². The number of hydrogen-bond donors (Lipinski definition) is 0. The maximum atomic E-state index is 0. The van der Waals surface area contributed by atoms with Gasteiger partial charge in [0.15, 0.2) is 0 Å². The van der Waals surface area contributed by atoms with Crippen LogP contribution in [-0.4, -0.2) is 67.6 Å². The minimum atomic E-state index is 0. The van der Waals surface area contributed by atoms with E-state index >= 15 is 0 Å². The van der Waals surface area contributed by atoms with Crippen LogP contribution >= 0.6 is 9.90 Å². The van der Waals surface area contributed by atoms with Crippen molar-refractivity contribution in [3.05, 3.63) is 0 Å². The van der Waals surface area contributed by atoms with Gasteiger partial charge in [-0.1, -0.05) is 0 Å². The molecule has 0 amide bonds. The third-order valence-corrected chi connectivity index (χ3v) is 0. The summed E-state index contributed by atoms with van der Waals surface area (Å²) in [4.78, 5) is 0. The van der Waals surface area contributed by atoms with Gasteiger partial charge in [-0.25, -0.2) is 0 Å². The molecule has 0 aromatic carbocycles. The standard InChI is InChI=1S/Al.In.P.Sb. The summed E-state index contributed by atoms with van der Waals surface area (Å²) >= 11 is 0. The Bertz CT molecular complexity index is 8.00. The van der Waals surface area contributed by atoms with E-state index in [0.717, 1.165) is 0 Å². The first-order valence-corrected chi connectivity index (χ1v) is 0. The van der Waals surface area contributed by atoms with E-state index in [1.54, 1.807) is 0 Å². The van der Waals surface area contributed by atoms with Crippen molar-refractivity contribution in [2.24, 2.45) is 0 Å². The van der Waals surface area contributed by atoms with Gasteiger partial charge >= 0.3 is 0 Å². The monoisotopic (exact) mass is 294 g/mol. The van der Waals surface area contributed by atoms with Crippen LogP contribution in [0.15, 0.2) is 0 Å². The largest absolute Gasteiger partial charge is 0 e. The van der Waals surface area contributed by atoms with Crippen LogP contribution < -0.4 is 0 Å². The van der Waals surface area contributed by atoms with Gasteiger partial charge in [-0.15, -0.1) is 0 Å². The Hall–Kier alpha value is 2.65. The second-order valence-electron chi connectivity index (χ2n) is 0. The number of hydrogen-bond acceptors (Lipinski definition) is 0. The Morgan fingerprint density at radius 3 is 1.00 bits per heavy atom. The molecule has 0 bridgehead atoms. The van der Waals surface area contributed by atoms with Crippen molar-refractivity contribution in [1.82, 2.24) is 0 Å². The average molecular weight is 295 g/mol. The fourth-order valence-electron chi connectivity index (χ4n) is 0. The van der Waals surface area contributed by atoms with Gasteiger partial charge in [-0.3, -0.25) is 0 Å². The predicted octanol–water partition coefficient (Wildman–Crippen LogP) is -0.281. The van der Waals surface area contributed by atoms with Crippen LogP contribution in [0.2, 0.25) is 0 Å². The fraction of sp³-hybridized carbons (Fsp3) is 0. The van der Waals surface area contributed by atoms with Gasteiger partial charge in [-0.2, -0.15) is 0 Å². The van der Waals surface area contributed by atoms with Gasteiger partial charge in [0.05, 0.1) is 0 Å². The molecule has 0 saturated heterocycles. The minimum absolute atomic E-state index is 0. The first-order chi connectivity index (χ1) is 0. The summed E-state index contributed by atoms with van der Waals surface area (Å²) in [7, 11) is 0. The quantitative estimate of drug-likeness (QED) is 0.426. The fourth-order valence-corrected chi connectivity index (χ4v) is 0. The zero-order valence-corrected chi connectivity index (χ0v) is 9.95. The Labute approximate surface area is 76.5 Å². The van der Waals surface area contributed by atoms with Crippen molar-refractivity contribution >= 4 is 77.5 Å². The van der Waals surface area contributed by atoms with Crippen molar-refractivity contribution in [2.45, 2.75) is 0 Å². The topological polar surface area (TPSA) is 0 Å². The Balaban J connectivity index is 0.